The molecule has 0 unspecified atom stereocenters. The van der Waals surface area contributed by atoms with Crippen LogP contribution in [0.15, 0.2) is 23.1 Å². The molecule has 3 nitrogen and oxygen atoms in total. The van der Waals surface area contributed by atoms with Gasteiger partial charge in [0.1, 0.15) is 0 Å². The second-order valence-corrected chi connectivity index (χ2v) is 7.52. The molecule has 4 rings (SSSR count). The van der Waals surface area contributed by atoms with Gasteiger partial charge in [0, 0.05) is 0 Å². The van der Waals surface area contributed by atoms with E-state index >= 15 is 0 Å². The molecular formula is C15H17NO2S. The molecule has 0 aromatic heterocycles. The monoisotopic (exact) mass is 275 g/mol. The molecule has 100 valence electrons. The molecule has 0 spiro atoms. The fraction of sp³-hybridized carbons (Fsp3) is 0.467. The first-order chi connectivity index (χ1) is 8.97. The van der Waals surface area contributed by atoms with Crippen LogP contribution in [0.2, 0.25) is 0 Å². The summed E-state index contributed by atoms with van der Waals surface area (Å²) >= 11 is 0. The standard InChI is InChI=1S/C15H17NO2S/c1-3-6-16-19(17,18)14-5-4-11(2)7-13(14)15-8-12(9-15)10-15/h1,4-5,7,12,16H,6,8-10H2,2H3. The van der Waals surface area contributed by atoms with E-state index in [1.165, 1.54) is 0 Å². The van der Waals surface area contributed by atoms with Gasteiger partial charge in [-0.2, -0.15) is 4.72 Å². The molecule has 0 amide bonds. The van der Waals surface area contributed by atoms with Gasteiger partial charge in [-0.25, -0.2) is 8.42 Å². The molecule has 1 aromatic rings. The fourth-order valence-corrected chi connectivity index (χ4v) is 4.56. The number of sulfonamides is 1. The number of hydrogen-bond donors (Lipinski definition) is 1. The largest absolute Gasteiger partial charge is 0.241 e. The zero-order chi connectivity index (χ0) is 13.7. The Morgan fingerprint density at radius 1 is 1.42 bits per heavy atom. The highest BCUT2D eigenvalue weighted by molar-refractivity contribution is 7.89. The smallest absolute Gasteiger partial charge is 0.207 e. The van der Waals surface area contributed by atoms with E-state index in [9.17, 15) is 8.42 Å². The van der Waals surface area contributed by atoms with E-state index in [-0.39, 0.29) is 12.0 Å². The van der Waals surface area contributed by atoms with Crippen LogP contribution in [0.1, 0.15) is 30.4 Å². The van der Waals surface area contributed by atoms with Gasteiger partial charge in [-0.1, -0.05) is 23.6 Å². The Morgan fingerprint density at radius 2 is 2.11 bits per heavy atom. The molecular weight excluding hydrogens is 258 g/mol. The van der Waals surface area contributed by atoms with Crippen molar-refractivity contribution in [3.8, 4) is 12.3 Å². The Labute approximate surface area is 114 Å². The molecule has 2 bridgehead atoms. The minimum absolute atomic E-state index is 0.0330. The van der Waals surface area contributed by atoms with E-state index in [1.54, 1.807) is 6.07 Å². The molecule has 3 saturated carbocycles. The SMILES string of the molecule is C#CCNS(=O)(=O)c1ccc(C)cc1C12CC(C1)C2. The molecule has 0 radical (unpaired) electrons. The first-order valence-electron chi connectivity index (χ1n) is 6.51. The third-order valence-corrected chi connectivity index (χ3v) is 5.86. The van der Waals surface area contributed by atoms with E-state index < -0.39 is 10.0 Å². The van der Waals surface area contributed by atoms with Crippen LogP contribution >= 0.6 is 0 Å². The summed E-state index contributed by atoms with van der Waals surface area (Å²) in [6.07, 6.45) is 8.53. The number of aryl methyl sites for hydroxylation is 1. The molecule has 19 heavy (non-hydrogen) atoms. The summed E-state index contributed by atoms with van der Waals surface area (Å²) in [5.74, 6) is 3.13. The number of terminal acetylenes is 1. The molecule has 0 heterocycles. The average molecular weight is 275 g/mol. The van der Waals surface area contributed by atoms with Crippen LogP contribution in [-0.4, -0.2) is 15.0 Å². The van der Waals surface area contributed by atoms with Crippen LogP contribution in [0.4, 0.5) is 0 Å². The quantitative estimate of drug-likeness (QED) is 0.854. The molecule has 3 aliphatic carbocycles. The fourth-order valence-electron chi connectivity index (χ4n) is 3.32. The van der Waals surface area contributed by atoms with Crippen molar-refractivity contribution in [3.63, 3.8) is 0 Å². The number of nitrogens with one attached hydrogen (secondary N) is 1. The summed E-state index contributed by atoms with van der Waals surface area (Å²) in [4.78, 5) is 0.409. The van der Waals surface area contributed by atoms with Gasteiger partial charge in [0.2, 0.25) is 10.0 Å². The molecule has 1 N–H and O–H groups in total. The minimum atomic E-state index is -3.50. The molecule has 3 fully saturated rings. The highest BCUT2D eigenvalue weighted by Crippen LogP contribution is 2.65. The van der Waals surface area contributed by atoms with Crippen LogP contribution in [0.5, 0.6) is 0 Å². The summed E-state index contributed by atoms with van der Waals surface area (Å²) in [5.41, 5.74) is 2.21. The summed E-state index contributed by atoms with van der Waals surface area (Å²) in [5, 5.41) is 0. The summed E-state index contributed by atoms with van der Waals surface area (Å²) in [7, 11) is -3.50. The van der Waals surface area contributed by atoms with Gasteiger partial charge in [-0.05, 0) is 49.1 Å². The lowest BCUT2D eigenvalue weighted by molar-refractivity contribution is -0.0296. The van der Waals surface area contributed by atoms with Gasteiger partial charge >= 0.3 is 0 Å². The predicted octanol–water partition coefficient (Wildman–Crippen LogP) is 1.96. The molecule has 1 aromatic carbocycles. The van der Waals surface area contributed by atoms with Crippen molar-refractivity contribution in [2.75, 3.05) is 6.54 Å². The van der Waals surface area contributed by atoms with Gasteiger partial charge in [0.25, 0.3) is 0 Å². The van der Waals surface area contributed by atoms with Gasteiger partial charge in [0.15, 0.2) is 0 Å². The van der Waals surface area contributed by atoms with Crippen molar-refractivity contribution in [2.24, 2.45) is 5.92 Å². The second-order valence-electron chi connectivity index (χ2n) is 5.79. The summed E-state index contributed by atoms with van der Waals surface area (Å²) in [6, 6.07) is 5.59. The third kappa shape index (κ3) is 1.89. The van der Waals surface area contributed by atoms with E-state index in [0.717, 1.165) is 36.3 Å². The Balaban J connectivity index is 2.04. The topological polar surface area (TPSA) is 46.2 Å². The van der Waals surface area contributed by atoms with Crippen molar-refractivity contribution in [1.29, 1.82) is 0 Å². The van der Waals surface area contributed by atoms with E-state index in [1.807, 2.05) is 19.1 Å². The maximum Gasteiger partial charge on any atom is 0.241 e. The van der Waals surface area contributed by atoms with Crippen molar-refractivity contribution in [3.05, 3.63) is 29.3 Å². The maximum absolute atomic E-state index is 12.3. The van der Waals surface area contributed by atoms with Crippen molar-refractivity contribution in [1.82, 2.24) is 4.72 Å². The highest BCUT2D eigenvalue weighted by Gasteiger charge is 2.58. The van der Waals surface area contributed by atoms with E-state index in [2.05, 4.69) is 10.6 Å². The number of hydrogen-bond acceptors (Lipinski definition) is 2. The molecule has 0 aliphatic heterocycles. The Morgan fingerprint density at radius 3 is 2.63 bits per heavy atom. The van der Waals surface area contributed by atoms with Crippen molar-refractivity contribution in [2.45, 2.75) is 36.5 Å². The van der Waals surface area contributed by atoms with Gasteiger partial charge < -0.3 is 0 Å². The van der Waals surface area contributed by atoms with Crippen molar-refractivity contribution >= 4 is 10.0 Å². The van der Waals surface area contributed by atoms with Crippen LogP contribution in [0.3, 0.4) is 0 Å². The van der Waals surface area contributed by atoms with Crippen LogP contribution in [-0.2, 0) is 15.4 Å². The van der Waals surface area contributed by atoms with Crippen molar-refractivity contribution < 1.29 is 8.42 Å². The average Bonchev–Trinajstić information content (AvgIpc) is 2.22. The second kappa shape index (κ2) is 4.09. The first-order valence-corrected chi connectivity index (χ1v) is 7.99. The summed E-state index contributed by atoms with van der Waals surface area (Å²) < 4.78 is 27.1. The zero-order valence-corrected chi connectivity index (χ0v) is 11.8. The lowest BCUT2D eigenvalue weighted by Crippen LogP contribution is -2.55. The van der Waals surface area contributed by atoms with Crippen LogP contribution in [0.25, 0.3) is 0 Å². The third-order valence-electron chi connectivity index (χ3n) is 4.40. The lowest BCUT2D eigenvalue weighted by atomic mass is 9.42. The molecule has 0 atom stereocenters. The van der Waals surface area contributed by atoms with Crippen LogP contribution in [0, 0.1) is 25.2 Å². The first kappa shape index (κ1) is 12.7. The van der Waals surface area contributed by atoms with Gasteiger partial charge in [-0.15, -0.1) is 6.42 Å². The predicted molar refractivity (Wildman–Crippen MR) is 74.2 cm³/mol. The Kier molecular flexibility index (Phi) is 2.74. The Bertz CT molecular complexity index is 653. The number of benzene rings is 1. The normalized spacial score (nSPS) is 28.1. The highest BCUT2D eigenvalue weighted by atomic mass is 32.2. The van der Waals surface area contributed by atoms with E-state index in [4.69, 9.17) is 6.42 Å². The summed E-state index contributed by atoms with van der Waals surface area (Å²) in [6.45, 7) is 2.03. The molecule has 4 heteroatoms. The number of rotatable bonds is 4. The van der Waals surface area contributed by atoms with Gasteiger partial charge in [-0.3, -0.25) is 0 Å². The zero-order valence-electron chi connectivity index (χ0n) is 10.9. The Hall–Kier alpha value is -1.31. The van der Waals surface area contributed by atoms with E-state index in [0.29, 0.717) is 4.90 Å². The van der Waals surface area contributed by atoms with Crippen LogP contribution < -0.4 is 4.72 Å². The van der Waals surface area contributed by atoms with Gasteiger partial charge in [0.05, 0.1) is 11.4 Å². The molecule has 3 aliphatic rings. The molecule has 0 saturated heterocycles. The maximum atomic E-state index is 12.3. The lowest BCUT2D eigenvalue weighted by Gasteiger charge is -2.62. The minimum Gasteiger partial charge on any atom is -0.207 e.